The fourth-order valence-corrected chi connectivity index (χ4v) is 1.73. The number of hydrogen-bond acceptors (Lipinski definition) is 4. The number of halogens is 2. The fraction of sp³-hybridized carbons (Fsp3) is 0.467. The smallest absolute Gasteiger partial charge is 0.414 e. The van der Waals surface area contributed by atoms with Crippen molar-refractivity contribution >= 4 is 35.1 Å². The highest BCUT2D eigenvalue weighted by molar-refractivity contribution is 6.34. The van der Waals surface area contributed by atoms with Crippen molar-refractivity contribution in [3.63, 3.8) is 0 Å². The van der Waals surface area contributed by atoms with Gasteiger partial charge in [0, 0.05) is 11.1 Å². The average molecular weight is 366 g/mol. The minimum Gasteiger partial charge on any atom is -0.492 e. The van der Waals surface area contributed by atoms with E-state index in [1.807, 2.05) is 0 Å². The third-order valence-electron chi connectivity index (χ3n) is 2.54. The molecule has 0 spiro atoms. The summed E-state index contributed by atoms with van der Waals surface area (Å²) in [6, 6.07) is 5.25. The van der Waals surface area contributed by atoms with Crippen LogP contribution in [0.4, 0.5) is 0 Å². The van der Waals surface area contributed by atoms with E-state index in [1.54, 1.807) is 18.2 Å². The fourth-order valence-electron chi connectivity index (χ4n) is 1.39. The molecule has 0 radical (unpaired) electrons. The highest BCUT2D eigenvalue weighted by Gasteiger charge is 2.04. The number of carboxylic acids is 2. The van der Waals surface area contributed by atoms with Crippen molar-refractivity contribution in [2.75, 3.05) is 19.7 Å². The highest BCUT2D eigenvalue weighted by Crippen LogP contribution is 2.27. The lowest BCUT2D eigenvalue weighted by atomic mass is 10.3. The maximum atomic E-state index is 9.10. The molecule has 0 unspecified atom stereocenters. The predicted molar refractivity (Wildman–Crippen MR) is 89.6 cm³/mol. The van der Waals surface area contributed by atoms with Crippen LogP contribution < -0.4 is 10.1 Å². The van der Waals surface area contributed by atoms with Crippen LogP contribution in [-0.4, -0.2) is 41.8 Å². The van der Waals surface area contributed by atoms with Crippen LogP contribution in [0.2, 0.25) is 10.0 Å². The molecule has 0 atom stereocenters. The summed E-state index contributed by atoms with van der Waals surface area (Å²) in [4.78, 5) is 18.2. The van der Waals surface area contributed by atoms with E-state index >= 15 is 0 Å². The van der Waals surface area contributed by atoms with Gasteiger partial charge in [-0.15, -0.1) is 0 Å². The second kappa shape index (κ2) is 13.0. The van der Waals surface area contributed by atoms with Gasteiger partial charge in [0.2, 0.25) is 0 Å². The molecule has 0 fully saturated rings. The first-order chi connectivity index (χ1) is 10.9. The van der Waals surface area contributed by atoms with Crippen LogP contribution in [0.15, 0.2) is 18.2 Å². The Hall–Kier alpha value is -1.50. The van der Waals surface area contributed by atoms with E-state index in [9.17, 15) is 0 Å². The molecule has 0 bridgehead atoms. The zero-order chi connectivity index (χ0) is 17.7. The minimum atomic E-state index is -1.82. The molecule has 0 aliphatic rings. The van der Waals surface area contributed by atoms with E-state index in [0.29, 0.717) is 22.4 Å². The molecule has 3 N–H and O–H groups in total. The first-order valence-corrected chi connectivity index (χ1v) is 7.88. The van der Waals surface area contributed by atoms with Crippen molar-refractivity contribution in [3.05, 3.63) is 28.2 Å². The van der Waals surface area contributed by atoms with Crippen molar-refractivity contribution in [1.82, 2.24) is 5.32 Å². The second-order valence-electron chi connectivity index (χ2n) is 4.49. The Balaban J connectivity index is 0.000000688. The van der Waals surface area contributed by atoms with Crippen LogP contribution >= 0.6 is 23.2 Å². The number of carboxylic acid groups (broad SMARTS) is 2. The number of rotatable bonds is 8. The van der Waals surface area contributed by atoms with Gasteiger partial charge in [-0.25, -0.2) is 9.59 Å². The predicted octanol–water partition coefficient (Wildman–Crippen LogP) is 3.31. The van der Waals surface area contributed by atoms with Crippen molar-refractivity contribution < 1.29 is 24.5 Å². The first-order valence-electron chi connectivity index (χ1n) is 7.13. The molecule has 1 aromatic carbocycles. The third-order valence-corrected chi connectivity index (χ3v) is 3.09. The Labute approximate surface area is 145 Å². The van der Waals surface area contributed by atoms with Crippen molar-refractivity contribution in [2.24, 2.45) is 0 Å². The molecule has 0 saturated carbocycles. The van der Waals surface area contributed by atoms with Gasteiger partial charge in [-0.3, -0.25) is 0 Å². The molecule has 0 aliphatic carbocycles. The Bertz CT molecular complexity index is 485. The molecule has 1 rings (SSSR count). The van der Waals surface area contributed by atoms with Gasteiger partial charge < -0.3 is 20.3 Å². The van der Waals surface area contributed by atoms with E-state index in [1.165, 1.54) is 12.8 Å². The number of benzene rings is 1. The number of hydrogen-bond donors (Lipinski definition) is 3. The Kier molecular flexibility index (Phi) is 12.1. The van der Waals surface area contributed by atoms with Crippen LogP contribution in [0.25, 0.3) is 0 Å². The summed E-state index contributed by atoms with van der Waals surface area (Å²) < 4.78 is 5.57. The lowest BCUT2D eigenvalue weighted by molar-refractivity contribution is -0.159. The summed E-state index contributed by atoms with van der Waals surface area (Å²) in [6.45, 7) is 4.89. The van der Waals surface area contributed by atoms with Gasteiger partial charge in [0.1, 0.15) is 5.75 Å². The Morgan fingerprint density at radius 2 is 1.74 bits per heavy atom. The minimum absolute atomic E-state index is 0.605. The lowest BCUT2D eigenvalue weighted by Gasteiger charge is -2.08. The number of carbonyl (C=O) groups is 2. The molecule has 1 aromatic rings. The zero-order valence-corrected chi connectivity index (χ0v) is 14.4. The summed E-state index contributed by atoms with van der Waals surface area (Å²) in [5.41, 5.74) is 0. The monoisotopic (exact) mass is 365 g/mol. The molecule has 0 amide bonds. The second-order valence-corrected chi connectivity index (χ2v) is 5.33. The first kappa shape index (κ1) is 21.5. The van der Waals surface area contributed by atoms with Crippen LogP contribution in [0.5, 0.6) is 5.75 Å². The van der Waals surface area contributed by atoms with Crippen molar-refractivity contribution in [2.45, 2.75) is 26.2 Å². The molecular formula is C15H21Cl2NO5. The quantitative estimate of drug-likeness (QED) is 0.483. The summed E-state index contributed by atoms with van der Waals surface area (Å²) in [5.74, 6) is -2.99. The summed E-state index contributed by atoms with van der Waals surface area (Å²) in [6.07, 6.45) is 3.41. The molecule has 0 heterocycles. The van der Waals surface area contributed by atoms with E-state index in [4.69, 9.17) is 47.7 Å². The van der Waals surface area contributed by atoms with E-state index in [-0.39, 0.29) is 0 Å². The van der Waals surface area contributed by atoms with Crippen molar-refractivity contribution in [1.29, 1.82) is 0 Å². The van der Waals surface area contributed by atoms with Crippen LogP contribution in [0.3, 0.4) is 0 Å². The van der Waals surface area contributed by atoms with Gasteiger partial charge in [0.05, 0.1) is 11.6 Å². The maximum absolute atomic E-state index is 9.10. The third kappa shape index (κ3) is 11.7. The molecule has 0 aliphatic heterocycles. The normalized spacial score (nSPS) is 9.70. The summed E-state index contributed by atoms with van der Waals surface area (Å²) >= 11 is 11.8. The van der Waals surface area contributed by atoms with E-state index < -0.39 is 11.9 Å². The molecular weight excluding hydrogens is 345 g/mol. The Morgan fingerprint density at radius 1 is 1.13 bits per heavy atom. The summed E-state index contributed by atoms with van der Waals surface area (Å²) in [5, 5.41) is 19.4. The van der Waals surface area contributed by atoms with Crippen LogP contribution in [0.1, 0.15) is 26.2 Å². The molecule has 23 heavy (non-hydrogen) atoms. The lowest BCUT2D eigenvalue weighted by Crippen LogP contribution is -2.18. The largest absolute Gasteiger partial charge is 0.492 e. The number of nitrogens with one attached hydrogen (secondary N) is 1. The van der Waals surface area contributed by atoms with Gasteiger partial charge in [-0.05, 0) is 38.1 Å². The average Bonchev–Trinajstić information content (AvgIpc) is 2.50. The van der Waals surface area contributed by atoms with Gasteiger partial charge in [-0.2, -0.15) is 0 Å². The number of ether oxygens (including phenoxy) is 1. The van der Waals surface area contributed by atoms with Gasteiger partial charge in [0.15, 0.2) is 0 Å². The van der Waals surface area contributed by atoms with Crippen LogP contribution in [0, 0.1) is 0 Å². The zero-order valence-electron chi connectivity index (χ0n) is 12.8. The van der Waals surface area contributed by atoms with Crippen molar-refractivity contribution in [3.8, 4) is 5.75 Å². The van der Waals surface area contributed by atoms with Gasteiger partial charge in [-0.1, -0.05) is 36.5 Å². The molecule has 8 heteroatoms. The Morgan fingerprint density at radius 3 is 2.30 bits per heavy atom. The molecule has 6 nitrogen and oxygen atoms in total. The number of aliphatic carboxylic acids is 2. The molecule has 130 valence electrons. The maximum Gasteiger partial charge on any atom is 0.414 e. The van der Waals surface area contributed by atoms with E-state index in [0.717, 1.165) is 19.5 Å². The number of unbranched alkanes of at least 4 members (excludes halogenated alkanes) is 1. The highest BCUT2D eigenvalue weighted by atomic mass is 35.5. The molecule has 0 aromatic heterocycles. The molecule has 0 saturated heterocycles. The van der Waals surface area contributed by atoms with E-state index in [2.05, 4.69) is 12.2 Å². The standard InChI is InChI=1S/C13H19Cl2NO.C2H2O4/c1-2-3-7-16-8-4-9-17-13-10-11(14)5-6-12(13)15;3-1(4)2(5)6/h5-6,10,16H,2-4,7-9H2,1H3;(H,3,4)(H,5,6). The van der Waals surface area contributed by atoms with Gasteiger partial charge in [0.25, 0.3) is 0 Å². The van der Waals surface area contributed by atoms with Crippen LogP contribution in [-0.2, 0) is 9.59 Å². The topological polar surface area (TPSA) is 95.9 Å². The summed E-state index contributed by atoms with van der Waals surface area (Å²) in [7, 11) is 0. The SMILES string of the molecule is CCCCNCCCOc1cc(Cl)ccc1Cl.O=C(O)C(=O)O. The van der Waals surface area contributed by atoms with Gasteiger partial charge >= 0.3 is 11.9 Å².